The molecule has 0 aliphatic carbocycles. The fourth-order valence-electron chi connectivity index (χ4n) is 1.65. The molecule has 0 radical (unpaired) electrons. The lowest BCUT2D eigenvalue weighted by molar-refractivity contribution is -0.385. The predicted octanol–water partition coefficient (Wildman–Crippen LogP) is 1.37. The van der Waals surface area contributed by atoms with Gasteiger partial charge in [-0.15, -0.1) is 0 Å². The van der Waals surface area contributed by atoms with Crippen molar-refractivity contribution in [3.63, 3.8) is 0 Å². The molecule has 2 atom stereocenters. The summed E-state index contributed by atoms with van der Waals surface area (Å²) in [5.41, 5.74) is -0.381. The van der Waals surface area contributed by atoms with Crippen LogP contribution in [-0.4, -0.2) is 30.5 Å². The Bertz CT molecular complexity index is 643. The summed E-state index contributed by atoms with van der Waals surface area (Å²) in [4.78, 5) is 20.7. The Kier molecular flexibility index (Phi) is 5.39. The predicted molar refractivity (Wildman–Crippen MR) is 74.3 cm³/mol. The summed E-state index contributed by atoms with van der Waals surface area (Å²) in [5, 5.41) is 19.8. The Labute approximate surface area is 122 Å². The Morgan fingerprint density at radius 3 is 2.57 bits per heavy atom. The molecule has 0 spiro atoms. The van der Waals surface area contributed by atoms with E-state index in [4.69, 9.17) is 5.11 Å². The lowest BCUT2D eigenvalue weighted by Crippen LogP contribution is -2.44. The molecule has 0 saturated carbocycles. The number of nitro groups is 1. The second kappa shape index (κ2) is 6.64. The maximum absolute atomic E-state index is 12.1. The van der Waals surface area contributed by atoms with Gasteiger partial charge in [0.15, 0.2) is 0 Å². The molecule has 0 aliphatic rings. The van der Waals surface area contributed by atoms with Crippen LogP contribution in [0.5, 0.6) is 0 Å². The van der Waals surface area contributed by atoms with Gasteiger partial charge in [-0.1, -0.05) is 26.3 Å². The number of nitrogens with zero attached hydrogens (tertiary/aromatic N) is 1. The van der Waals surface area contributed by atoms with Crippen molar-refractivity contribution in [3.05, 3.63) is 34.4 Å². The smallest absolute Gasteiger partial charge is 0.322 e. The number of rotatable bonds is 7. The van der Waals surface area contributed by atoms with E-state index in [-0.39, 0.29) is 10.6 Å². The average molecular weight is 316 g/mol. The van der Waals surface area contributed by atoms with Crippen molar-refractivity contribution < 1.29 is 23.2 Å². The fourth-order valence-corrected chi connectivity index (χ4v) is 2.98. The van der Waals surface area contributed by atoms with E-state index in [1.165, 1.54) is 12.1 Å². The van der Waals surface area contributed by atoms with E-state index >= 15 is 0 Å². The summed E-state index contributed by atoms with van der Waals surface area (Å²) in [7, 11) is -4.15. The highest BCUT2D eigenvalue weighted by molar-refractivity contribution is 7.89. The highest BCUT2D eigenvalue weighted by Crippen LogP contribution is 2.19. The van der Waals surface area contributed by atoms with Gasteiger partial charge in [-0.05, 0) is 12.0 Å². The Balaban J connectivity index is 3.13. The van der Waals surface area contributed by atoms with Crippen LogP contribution in [0.4, 0.5) is 5.69 Å². The molecule has 116 valence electrons. The minimum atomic E-state index is -4.15. The van der Waals surface area contributed by atoms with Gasteiger partial charge in [0.2, 0.25) is 10.0 Å². The molecule has 0 bridgehead atoms. The second-order valence-electron chi connectivity index (χ2n) is 4.58. The van der Waals surface area contributed by atoms with Gasteiger partial charge in [-0.25, -0.2) is 8.42 Å². The third kappa shape index (κ3) is 4.23. The van der Waals surface area contributed by atoms with Crippen molar-refractivity contribution in [2.75, 3.05) is 0 Å². The number of nitrogens with one attached hydrogen (secondary N) is 1. The van der Waals surface area contributed by atoms with E-state index in [0.29, 0.717) is 6.42 Å². The molecule has 21 heavy (non-hydrogen) atoms. The van der Waals surface area contributed by atoms with Crippen LogP contribution in [0, 0.1) is 16.0 Å². The summed E-state index contributed by atoms with van der Waals surface area (Å²) >= 11 is 0. The highest BCUT2D eigenvalue weighted by atomic mass is 32.2. The minimum absolute atomic E-state index is 0.341. The molecular weight excluding hydrogens is 300 g/mol. The normalized spacial score (nSPS) is 14.4. The molecule has 8 nitrogen and oxygen atoms in total. The van der Waals surface area contributed by atoms with Crippen LogP contribution < -0.4 is 4.72 Å². The molecule has 1 aromatic carbocycles. The average Bonchev–Trinajstić information content (AvgIpc) is 2.43. The van der Waals surface area contributed by atoms with E-state index in [1.807, 2.05) is 0 Å². The number of non-ortho nitro benzene ring substituents is 1. The molecule has 2 N–H and O–H groups in total. The Morgan fingerprint density at radius 2 is 2.10 bits per heavy atom. The van der Waals surface area contributed by atoms with Crippen LogP contribution in [0.3, 0.4) is 0 Å². The molecule has 1 aromatic rings. The third-order valence-electron chi connectivity index (χ3n) is 3.10. The summed E-state index contributed by atoms with van der Waals surface area (Å²) in [6.45, 7) is 3.34. The van der Waals surface area contributed by atoms with Crippen LogP contribution in [-0.2, 0) is 14.8 Å². The van der Waals surface area contributed by atoms with Gasteiger partial charge in [-0.3, -0.25) is 14.9 Å². The fraction of sp³-hybridized carbons (Fsp3) is 0.417. The van der Waals surface area contributed by atoms with Crippen molar-refractivity contribution in [2.24, 2.45) is 5.92 Å². The van der Waals surface area contributed by atoms with Crippen molar-refractivity contribution in [2.45, 2.75) is 31.2 Å². The van der Waals surface area contributed by atoms with E-state index in [0.717, 1.165) is 12.1 Å². The third-order valence-corrected chi connectivity index (χ3v) is 4.54. The van der Waals surface area contributed by atoms with E-state index in [2.05, 4.69) is 4.72 Å². The van der Waals surface area contributed by atoms with Crippen molar-refractivity contribution in [1.82, 2.24) is 4.72 Å². The number of carbonyl (C=O) groups is 1. The Morgan fingerprint density at radius 1 is 1.48 bits per heavy atom. The van der Waals surface area contributed by atoms with Gasteiger partial charge >= 0.3 is 5.97 Å². The van der Waals surface area contributed by atoms with Crippen LogP contribution in [0.1, 0.15) is 20.3 Å². The van der Waals surface area contributed by atoms with Crippen molar-refractivity contribution >= 4 is 21.7 Å². The number of nitro benzene ring substituents is 1. The molecule has 0 aliphatic heterocycles. The first-order chi connectivity index (χ1) is 9.69. The summed E-state index contributed by atoms with van der Waals surface area (Å²) < 4.78 is 26.4. The number of carboxylic acids is 1. The van der Waals surface area contributed by atoms with Crippen LogP contribution >= 0.6 is 0 Å². The highest BCUT2D eigenvalue weighted by Gasteiger charge is 2.29. The number of hydrogen-bond donors (Lipinski definition) is 2. The van der Waals surface area contributed by atoms with E-state index in [1.54, 1.807) is 13.8 Å². The number of hydrogen-bond acceptors (Lipinski definition) is 5. The van der Waals surface area contributed by atoms with Gasteiger partial charge in [0.25, 0.3) is 5.69 Å². The zero-order chi connectivity index (χ0) is 16.2. The summed E-state index contributed by atoms with van der Waals surface area (Å²) in [6, 6.07) is 3.15. The standard InChI is InChI=1S/C12H16N2O6S/c1-3-8(2)11(12(15)16)13-21(19,20)10-6-4-5-9(7-10)14(17)18/h4-8,11,13H,3H2,1-2H3,(H,15,16). The minimum Gasteiger partial charge on any atom is -0.480 e. The first kappa shape index (κ1) is 17.1. The molecular formula is C12H16N2O6S. The maximum atomic E-state index is 12.1. The first-order valence-electron chi connectivity index (χ1n) is 6.18. The van der Waals surface area contributed by atoms with Crippen LogP contribution in [0.25, 0.3) is 0 Å². The van der Waals surface area contributed by atoms with Gasteiger partial charge < -0.3 is 5.11 Å². The van der Waals surface area contributed by atoms with Gasteiger partial charge in [0.05, 0.1) is 9.82 Å². The quantitative estimate of drug-likeness (QED) is 0.578. The van der Waals surface area contributed by atoms with Crippen molar-refractivity contribution in [3.8, 4) is 0 Å². The lowest BCUT2D eigenvalue weighted by Gasteiger charge is -2.20. The molecule has 0 heterocycles. The maximum Gasteiger partial charge on any atom is 0.322 e. The summed E-state index contributed by atoms with van der Waals surface area (Å²) in [6.07, 6.45) is 0.467. The van der Waals surface area contributed by atoms with Gasteiger partial charge in [0.1, 0.15) is 6.04 Å². The topological polar surface area (TPSA) is 127 Å². The van der Waals surface area contributed by atoms with E-state index in [9.17, 15) is 23.3 Å². The van der Waals surface area contributed by atoms with Crippen LogP contribution in [0.2, 0.25) is 0 Å². The molecule has 0 amide bonds. The molecule has 0 aromatic heterocycles. The second-order valence-corrected chi connectivity index (χ2v) is 6.29. The number of carboxylic acid groups (broad SMARTS) is 1. The largest absolute Gasteiger partial charge is 0.480 e. The van der Waals surface area contributed by atoms with Gasteiger partial charge in [0, 0.05) is 12.1 Å². The van der Waals surface area contributed by atoms with Crippen LogP contribution in [0.15, 0.2) is 29.2 Å². The number of aliphatic carboxylic acids is 1. The monoisotopic (exact) mass is 316 g/mol. The number of sulfonamides is 1. The molecule has 0 saturated heterocycles. The molecule has 9 heteroatoms. The molecule has 0 fully saturated rings. The molecule has 1 rings (SSSR count). The summed E-state index contributed by atoms with van der Waals surface area (Å²) in [5.74, 6) is -1.71. The first-order valence-corrected chi connectivity index (χ1v) is 7.67. The Hall–Kier alpha value is -2.00. The molecule has 2 unspecified atom stereocenters. The van der Waals surface area contributed by atoms with E-state index < -0.39 is 32.9 Å². The van der Waals surface area contributed by atoms with Crippen molar-refractivity contribution in [1.29, 1.82) is 0 Å². The SMILES string of the molecule is CCC(C)C(NS(=O)(=O)c1cccc([N+](=O)[O-])c1)C(=O)O. The zero-order valence-electron chi connectivity index (χ0n) is 11.5. The number of benzene rings is 1. The van der Waals surface area contributed by atoms with Gasteiger partial charge in [-0.2, -0.15) is 4.72 Å². The zero-order valence-corrected chi connectivity index (χ0v) is 12.3. The lowest BCUT2D eigenvalue weighted by atomic mass is 10.0.